The average Bonchev–Trinajstić information content (AvgIpc) is 2.28. The van der Waals surface area contributed by atoms with Gasteiger partial charge in [-0.2, -0.15) is 0 Å². The van der Waals surface area contributed by atoms with Crippen LogP contribution in [0.2, 0.25) is 0 Å². The standard InChI is InChI=1S/C12H17ClN2O/c1-3-6-14-7-11-4-5-12(8-15-11)16-9-10(2)13/h4-5,8,14H,2-3,6-7,9H2,1H3. The summed E-state index contributed by atoms with van der Waals surface area (Å²) in [5.41, 5.74) is 1.01. The first-order valence-electron chi connectivity index (χ1n) is 5.34. The van der Waals surface area contributed by atoms with Crippen molar-refractivity contribution in [2.24, 2.45) is 0 Å². The minimum Gasteiger partial charge on any atom is -0.486 e. The Morgan fingerprint density at radius 3 is 2.94 bits per heavy atom. The Labute approximate surface area is 101 Å². The summed E-state index contributed by atoms with van der Waals surface area (Å²) in [6.07, 6.45) is 2.82. The first-order chi connectivity index (χ1) is 7.72. The Bertz CT molecular complexity index is 324. The van der Waals surface area contributed by atoms with Crippen LogP contribution in [0.1, 0.15) is 19.0 Å². The molecule has 0 bridgehead atoms. The zero-order chi connectivity index (χ0) is 11.8. The maximum Gasteiger partial charge on any atom is 0.138 e. The third-order valence-electron chi connectivity index (χ3n) is 1.93. The van der Waals surface area contributed by atoms with E-state index < -0.39 is 0 Å². The Hall–Kier alpha value is -1.06. The van der Waals surface area contributed by atoms with Crippen molar-refractivity contribution >= 4 is 11.6 Å². The van der Waals surface area contributed by atoms with Gasteiger partial charge in [0.25, 0.3) is 0 Å². The normalized spacial score (nSPS) is 10.1. The molecule has 0 spiro atoms. The van der Waals surface area contributed by atoms with Gasteiger partial charge < -0.3 is 10.1 Å². The minimum absolute atomic E-state index is 0.316. The van der Waals surface area contributed by atoms with Crippen LogP contribution in [-0.4, -0.2) is 18.1 Å². The number of aromatic nitrogens is 1. The molecule has 1 aromatic rings. The number of hydrogen-bond acceptors (Lipinski definition) is 3. The maximum atomic E-state index is 5.59. The molecule has 0 aliphatic carbocycles. The zero-order valence-corrected chi connectivity index (χ0v) is 10.3. The van der Waals surface area contributed by atoms with Gasteiger partial charge in [-0.1, -0.05) is 25.1 Å². The van der Waals surface area contributed by atoms with Crippen molar-refractivity contribution in [3.05, 3.63) is 35.6 Å². The smallest absolute Gasteiger partial charge is 0.138 e. The van der Waals surface area contributed by atoms with Crippen LogP contribution in [0.25, 0.3) is 0 Å². The molecule has 0 atom stereocenters. The molecule has 0 saturated heterocycles. The van der Waals surface area contributed by atoms with Crippen molar-refractivity contribution in [2.45, 2.75) is 19.9 Å². The number of hydrogen-bond donors (Lipinski definition) is 1. The van der Waals surface area contributed by atoms with Gasteiger partial charge >= 0.3 is 0 Å². The lowest BCUT2D eigenvalue weighted by molar-refractivity contribution is 0.357. The summed E-state index contributed by atoms with van der Waals surface area (Å²) in [6.45, 7) is 7.79. The van der Waals surface area contributed by atoms with E-state index in [4.69, 9.17) is 16.3 Å². The molecule has 1 rings (SSSR count). The van der Waals surface area contributed by atoms with Gasteiger partial charge in [0.2, 0.25) is 0 Å². The first kappa shape index (κ1) is 13.0. The molecule has 0 unspecified atom stereocenters. The van der Waals surface area contributed by atoms with Crippen LogP contribution in [0.4, 0.5) is 0 Å². The topological polar surface area (TPSA) is 34.1 Å². The van der Waals surface area contributed by atoms with Gasteiger partial charge in [-0.3, -0.25) is 4.98 Å². The molecule has 1 N–H and O–H groups in total. The molecule has 0 amide bonds. The second kappa shape index (κ2) is 7.25. The predicted octanol–water partition coefficient (Wildman–Crippen LogP) is 2.71. The fraction of sp³-hybridized carbons (Fsp3) is 0.417. The number of rotatable bonds is 7. The predicted molar refractivity (Wildman–Crippen MR) is 66.7 cm³/mol. The van der Waals surface area contributed by atoms with Gasteiger partial charge in [0.15, 0.2) is 0 Å². The molecule has 0 aliphatic rings. The van der Waals surface area contributed by atoms with Crippen molar-refractivity contribution in [3.63, 3.8) is 0 Å². The average molecular weight is 241 g/mol. The molecule has 0 radical (unpaired) electrons. The number of ether oxygens (including phenoxy) is 1. The molecule has 1 aromatic heterocycles. The Kier molecular flexibility index (Phi) is 5.90. The van der Waals surface area contributed by atoms with Crippen molar-refractivity contribution in [1.82, 2.24) is 10.3 Å². The summed E-state index contributed by atoms with van der Waals surface area (Å²) >= 11 is 5.59. The van der Waals surface area contributed by atoms with Gasteiger partial charge in [0.05, 0.1) is 11.9 Å². The van der Waals surface area contributed by atoms with Crippen LogP contribution in [0.5, 0.6) is 5.75 Å². The monoisotopic (exact) mass is 240 g/mol. The molecule has 4 heteroatoms. The summed E-state index contributed by atoms with van der Waals surface area (Å²) < 4.78 is 5.33. The number of halogens is 1. The third-order valence-corrected chi connectivity index (χ3v) is 2.04. The molecule has 88 valence electrons. The van der Waals surface area contributed by atoms with Crippen LogP contribution >= 0.6 is 11.6 Å². The third kappa shape index (κ3) is 5.14. The molecule has 0 saturated carbocycles. The summed E-state index contributed by atoms with van der Waals surface area (Å²) in [4.78, 5) is 4.27. The van der Waals surface area contributed by atoms with E-state index in [1.807, 2.05) is 12.1 Å². The van der Waals surface area contributed by atoms with Crippen LogP contribution in [0, 0.1) is 0 Å². The number of nitrogens with one attached hydrogen (secondary N) is 1. The molecule has 0 aromatic carbocycles. The highest BCUT2D eigenvalue weighted by Gasteiger charge is 1.97. The van der Waals surface area contributed by atoms with Crippen molar-refractivity contribution in [3.8, 4) is 5.75 Å². The van der Waals surface area contributed by atoms with Crippen LogP contribution < -0.4 is 10.1 Å². The van der Waals surface area contributed by atoms with Crippen LogP contribution in [-0.2, 0) is 6.54 Å². The van der Waals surface area contributed by atoms with Crippen molar-refractivity contribution in [1.29, 1.82) is 0 Å². The van der Waals surface area contributed by atoms with Crippen molar-refractivity contribution in [2.75, 3.05) is 13.2 Å². The molecule has 16 heavy (non-hydrogen) atoms. The largest absolute Gasteiger partial charge is 0.486 e. The van der Waals surface area contributed by atoms with Gasteiger partial charge in [-0.15, -0.1) is 0 Å². The molecular formula is C12H17ClN2O. The van der Waals surface area contributed by atoms with Gasteiger partial charge in [0.1, 0.15) is 12.4 Å². The Morgan fingerprint density at radius 2 is 2.38 bits per heavy atom. The number of pyridine rings is 1. The summed E-state index contributed by atoms with van der Waals surface area (Å²) in [5, 5.41) is 3.76. The van der Waals surface area contributed by atoms with E-state index in [1.165, 1.54) is 0 Å². The second-order valence-corrected chi connectivity index (χ2v) is 4.00. The molecule has 3 nitrogen and oxygen atoms in total. The van der Waals surface area contributed by atoms with E-state index in [0.717, 1.165) is 25.2 Å². The Balaban J connectivity index is 2.38. The summed E-state index contributed by atoms with van der Waals surface area (Å²) in [5.74, 6) is 0.709. The van der Waals surface area contributed by atoms with Gasteiger partial charge in [0, 0.05) is 11.6 Å². The van der Waals surface area contributed by atoms with E-state index in [0.29, 0.717) is 17.4 Å². The summed E-state index contributed by atoms with van der Waals surface area (Å²) in [7, 11) is 0. The zero-order valence-electron chi connectivity index (χ0n) is 9.50. The quantitative estimate of drug-likeness (QED) is 0.745. The minimum atomic E-state index is 0.316. The molecule has 0 fully saturated rings. The van der Waals surface area contributed by atoms with E-state index in [9.17, 15) is 0 Å². The fourth-order valence-electron chi connectivity index (χ4n) is 1.16. The van der Waals surface area contributed by atoms with E-state index >= 15 is 0 Å². The second-order valence-electron chi connectivity index (χ2n) is 3.47. The Morgan fingerprint density at radius 1 is 1.56 bits per heavy atom. The number of nitrogens with zero attached hydrogens (tertiary/aromatic N) is 1. The lowest BCUT2D eigenvalue weighted by Gasteiger charge is -2.06. The maximum absolute atomic E-state index is 5.59. The SMILES string of the molecule is C=C(Cl)COc1ccc(CNCCC)nc1. The highest BCUT2D eigenvalue weighted by atomic mass is 35.5. The lowest BCUT2D eigenvalue weighted by atomic mass is 10.3. The van der Waals surface area contributed by atoms with Gasteiger partial charge in [-0.05, 0) is 25.1 Å². The van der Waals surface area contributed by atoms with Crippen LogP contribution in [0.3, 0.4) is 0 Å². The van der Waals surface area contributed by atoms with E-state index in [1.54, 1.807) is 6.20 Å². The highest BCUT2D eigenvalue weighted by molar-refractivity contribution is 6.29. The molecule has 1 heterocycles. The van der Waals surface area contributed by atoms with Crippen molar-refractivity contribution < 1.29 is 4.74 Å². The highest BCUT2D eigenvalue weighted by Crippen LogP contribution is 2.10. The fourth-order valence-corrected chi connectivity index (χ4v) is 1.21. The van der Waals surface area contributed by atoms with E-state index in [-0.39, 0.29) is 0 Å². The lowest BCUT2D eigenvalue weighted by Crippen LogP contribution is -2.14. The summed E-state index contributed by atoms with van der Waals surface area (Å²) in [6, 6.07) is 3.82. The molecular weight excluding hydrogens is 224 g/mol. The van der Waals surface area contributed by atoms with E-state index in [2.05, 4.69) is 23.8 Å². The van der Waals surface area contributed by atoms with Crippen LogP contribution in [0.15, 0.2) is 29.9 Å². The molecule has 0 aliphatic heterocycles. The first-order valence-corrected chi connectivity index (χ1v) is 5.72. The van der Waals surface area contributed by atoms with Gasteiger partial charge in [-0.25, -0.2) is 0 Å².